The van der Waals surface area contributed by atoms with Gasteiger partial charge in [0.2, 0.25) is 0 Å². The molecule has 1 amide bonds. The van der Waals surface area contributed by atoms with E-state index in [4.69, 9.17) is 4.74 Å². The van der Waals surface area contributed by atoms with Gasteiger partial charge in [0, 0.05) is 18.0 Å². The first-order valence-corrected chi connectivity index (χ1v) is 8.05. The van der Waals surface area contributed by atoms with Crippen LogP contribution in [0.4, 0.5) is 0 Å². The maximum Gasteiger partial charge on any atom is 0.263 e. The number of hydrogen-bond donors (Lipinski definition) is 0. The van der Waals surface area contributed by atoms with Gasteiger partial charge in [-0.25, -0.2) is 0 Å². The van der Waals surface area contributed by atoms with E-state index in [1.54, 1.807) is 18.4 Å². The molecule has 0 saturated carbocycles. The molecule has 1 saturated heterocycles. The highest BCUT2D eigenvalue weighted by Gasteiger charge is 2.22. The number of aryl methyl sites for hydroxylation is 1. The van der Waals surface area contributed by atoms with Crippen LogP contribution in [0.15, 0.2) is 30.3 Å². The van der Waals surface area contributed by atoms with Gasteiger partial charge in [-0.2, -0.15) is 0 Å². The topological polar surface area (TPSA) is 29.5 Å². The number of rotatable bonds is 3. The van der Waals surface area contributed by atoms with Gasteiger partial charge in [-0.15, -0.1) is 11.3 Å². The predicted octanol–water partition coefficient (Wildman–Crippen LogP) is 3.97. The highest BCUT2D eigenvalue weighted by Crippen LogP contribution is 2.33. The number of nitrogens with zero attached hydrogens (tertiary/aromatic N) is 1. The van der Waals surface area contributed by atoms with Crippen molar-refractivity contribution in [3.63, 3.8) is 0 Å². The van der Waals surface area contributed by atoms with E-state index in [1.807, 2.05) is 35.2 Å². The summed E-state index contributed by atoms with van der Waals surface area (Å²) in [6.45, 7) is 3.87. The van der Waals surface area contributed by atoms with Crippen LogP contribution in [0.25, 0.3) is 11.1 Å². The van der Waals surface area contributed by atoms with Gasteiger partial charge in [0.1, 0.15) is 5.75 Å². The lowest BCUT2D eigenvalue weighted by Gasteiger charge is -2.13. The number of methoxy groups -OCH3 is 1. The normalized spacial score (nSPS) is 14.5. The second-order valence-corrected chi connectivity index (χ2v) is 6.56. The van der Waals surface area contributed by atoms with Crippen LogP contribution in [0.2, 0.25) is 0 Å². The minimum absolute atomic E-state index is 0.181. The molecule has 0 unspecified atom stereocenters. The lowest BCUT2D eigenvalue weighted by molar-refractivity contribution is 0.0797. The van der Waals surface area contributed by atoms with Crippen molar-refractivity contribution in [3.05, 3.63) is 40.1 Å². The van der Waals surface area contributed by atoms with Crippen LogP contribution >= 0.6 is 11.3 Å². The summed E-state index contributed by atoms with van der Waals surface area (Å²) in [7, 11) is 1.66. The fraction of sp³-hybridized carbons (Fsp3) is 0.353. The van der Waals surface area contributed by atoms with E-state index < -0.39 is 0 Å². The zero-order chi connectivity index (χ0) is 14.8. The number of amides is 1. The summed E-state index contributed by atoms with van der Waals surface area (Å²) < 4.78 is 5.19. The molecule has 21 heavy (non-hydrogen) atoms. The molecule has 0 bridgehead atoms. The molecule has 110 valence electrons. The van der Waals surface area contributed by atoms with E-state index >= 15 is 0 Å². The molecule has 2 heterocycles. The third kappa shape index (κ3) is 2.81. The van der Waals surface area contributed by atoms with E-state index in [0.717, 1.165) is 47.7 Å². The van der Waals surface area contributed by atoms with Crippen molar-refractivity contribution >= 4 is 17.2 Å². The van der Waals surface area contributed by atoms with Crippen LogP contribution in [-0.4, -0.2) is 31.0 Å². The Hall–Kier alpha value is -1.81. The van der Waals surface area contributed by atoms with Crippen molar-refractivity contribution in [1.29, 1.82) is 0 Å². The molecular weight excluding hydrogens is 282 g/mol. The fourth-order valence-electron chi connectivity index (χ4n) is 2.72. The molecule has 1 aliphatic rings. The van der Waals surface area contributed by atoms with Gasteiger partial charge in [-0.05, 0) is 49.1 Å². The Balaban J connectivity index is 1.87. The van der Waals surface area contributed by atoms with Crippen LogP contribution < -0.4 is 4.74 Å². The highest BCUT2D eigenvalue weighted by molar-refractivity contribution is 7.14. The van der Waals surface area contributed by atoms with E-state index in [-0.39, 0.29) is 5.91 Å². The standard InChI is InChI=1S/C17H19NO2S/c1-12-15(13-5-7-14(20-2)8-6-13)11-16(21-12)17(19)18-9-3-4-10-18/h5-8,11H,3-4,9-10H2,1-2H3. The van der Waals surface area contributed by atoms with E-state index in [9.17, 15) is 4.79 Å². The van der Waals surface area contributed by atoms with Crippen LogP contribution in [0.5, 0.6) is 5.75 Å². The van der Waals surface area contributed by atoms with Gasteiger partial charge in [0.25, 0.3) is 5.91 Å². The zero-order valence-corrected chi connectivity index (χ0v) is 13.2. The van der Waals surface area contributed by atoms with Crippen molar-refractivity contribution in [2.75, 3.05) is 20.2 Å². The SMILES string of the molecule is COc1ccc(-c2cc(C(=O)N3CCCC3)sc2C)cc1. The van der Waals surface area contributed by atoms with Gasteiger partial charge in [-0.1, -0.05) is 12.1 Å². The molecule has 0 N–H and O–H groups in total. The maximum atomic E-state index is 12.5. The second kappa shape index (κ2) is 5.90. The Labute approximate surface area is 129 Å². The zero-order valence-electron chi connectivity index (χ0n) is 12.4. The summed E-state index contributed by atoms with van der Waals surface area (Å²) in [5.74, 6) is 1.03. The first kappa shape index (κ1) is 14.1. The Kier molecular flexibility index (Phi) is 3.97. The Bertz CT molecular complexity index is 639. The molecule has 1 aromatic carbocycles. The quantitative estimate of drug-likeness (QED) is 0.858. The number of benzene rings is 1. The Morgan fingerprint density at radius 2 is 1.86 bits per heavy atom. The third-order valence-electron chi connectivity index (χ3n) is 3.92. The number of carbonyl (C=O) groups excluding carboxylic acids is 1. The molecule has 1 aliphatic heterocycles. The summed E-state index contributed by atoms with van der Waals surface area (Å²) >= 11 is 1.59. The largest absolute Gasteiger partial charge is 0.497 e. The van der Waals surface area contributed by atoms with Crippen molar-refractivity contribution in [3.8, 4) is 16.9 Å². The molecule has 0 spiro atoms. The summed E-state index contributed by atoms with van der Waals surface area (Å²) in [5, 5.41) is 0. The Morgan fingerprint density at radius 3 is 2.48 bits per heavy atom. The number of carbonyl (C=O) groups is 1. The molecule has 1 aromatic heterocycles. The first-order chi connectivity index (χ1) is 10.2. The van der Waals surface area contributed by atoms with E-state index in [1.165, 1.54) is 4.88 Å². The molecule has 0 aliphatic carbocycles. The summed E-state index contributed by atoms with van der Waals surface area (Å²) in [4.78, 5) is 16.5. The molecule has 1 fully saturated rings. The lowest BCUT2D eigenvalue weighted by Crippen LogP contribution is -2.26. The minimum atomic E-state index is 0.181. The maximum absolute atomic E-state index is 12.5. The molecule has 4 heteroatoms. The van der Waals surface area contributed by atoms with Crippen LogP contribution in [0.3, 0.4) is 0 Å². The summed E-state index contributed by atoms with van der Waals surface area (Å²) in [5.41, 5.74) is 2.27. The minimum Gasteiger partial charge on any atom is -0.497 e. The molecule has 3 nitrogen and oxygen atoms in total. The van der Waals surface area contributed by atoms with Gasteiger partial charge in [0.05, 0.1) is 12.0 Å². The van der Waals surface area contributed by atoms with Gasteiger partial charge < -0.3 is 9.64 Å². The van der Waals surface area contributed by atoms with Gasteiger partial charge >= 0.3 is 0 Å². The summed E-state index contributed by atoms with van der Waals surface area (Å²) in [6.07, 6.45) is 2.25. The van der Waals surface area contributed by atoms with Crippen LogP contribution in [0.1, 0.15) is 27.4 Å². The Morgan fingerprint density at radius 1 is 1.19 bits per heavy atom. The van der Waals surface area contributed by atoms with Crippen LogP contribution in [-0.2, 0) is 0 Å². The lowest BCUT2D eigenvalue weighted by atomic mass is 10.1. The van der Waals surface area contributed by atoms with Crippen molar-refractivity contribution in [1.82, 2.24) is 4.90 Å². The van der Waals surface area contributed by atoms with E-state index in [2.05, 4.69) is 6.92 Å². The van der Waals surface area contributed by atoms with Gasteiger partial charge in [-0.3, -0.25) is 4.79 Å². The fourth-order valence-corrected chi connectivity index (χ4v) is 3.73. The molecule has 3 rings (SSSR count). The molecule has 2 aromatic rings. The molecular formula is C17H19NO2S. The number of thiophene rings is 1. The van der Waals surface area contributed by atoms with E-state index in [0.29, 0.717) is 0 Å². The smallest absolute Gasteiger partial charge is 0.263 e. The predicted molar refractivity (Wildman–Crippen MR) is 86.2 cm³/mol. The third-order valence-corrected chi connectivity index (χ3v) is 4.96. The number of hydrogen-bond acceptors (Lipinski definition) is 3. The van der Waals surface area contributed by atoms with Crippen molar-refractivity contribution in [2.45, 2.75) is 19.8 Å². The molecule has 0 radical (unpaired) electrons. The van der Waals surface area contributed by atoms with Crippen molar-refractivity contribution < 1.29 is 9.53 Å². The average molecular weight is 301 g/mol. The average Bonchev–Trinajstić information content (AvgIpc) is 3.16. The number of likely N-dealkylation sites (tertiary alicyclic amines) is 1. The van der Waals surface area contributed by atoms with Gasteiger partial charge in [0.15, 0.2) is 0 Å². The molecule has 0 atom stereocenters. The second-order valence-electron chi connectivity index (χ2n) is 5.31. The highest BCUT2D eigenvalue weighted by atomic mass is 32.1. The number of ether oxygens (including phenoxy) is 1. The van der Waals surface area contributed by atoms with Crippen molar-refractivity contribution in [2.24, 2.45) is 0 Å². The monoisotopic (exact) mass is 301 g/mol. The van der Waals surface area contributed by atoms with Crippen LogP contribution in [0, 0.1) is 6.92 Å². The summed E-state index contributed by atoms with van der Waals surface area (Å²) in [6, 6.07) is 10.0. The first-order valence-electron chi connectivity index (χ1n) is 7.23.